The first-order valence-electron chi connectivity index (χ1n) is 32.6. The summed E-state index contributed by atoms with van der Waals surface area (Å²) in [6, 6.07) is -0.901. The molecule has 0 rings (SSSR count). The summed E-state index contributed by atoms with van der Waals surface area (Å²) in [6.45, 7) is 6.82. The van der Waals surface area contributed by atoms with E-state index in [0.717, 1.165) is 77.0 Å². The number of unbranched alkanes of at least 4 members (excludes halogenated alkanes) is 35. The second kappa shape index (κ2) is 57.0. The Balaban J connectivity index is 5.25. The van der Waals surface area contributed by atoms with Crippen molar-refractivity contribution >= 4 is 19.7 Å². The average Bonchev–Trinajstić information content (AvgIpc) is 3.39. The minimum atomic E-state index is -4.71. The molecule has 0 aliphatic heterocycles. The Labute approximate surface area is 477 Å². The number of esters is 1. The Morgan fingerprint density at radius 2 is 0.792 bits per heavy atom. The van der Waals surface area contributed by atoms with E-state index in [2.05, 4.69) is 74.7 Å². The highest BCUT2D eigenvalue weighted by molar-refractivity contribution is 7.45. The van der Waals surface area contributed by atoms with Crippen molar-refractivity contribution in [2.24, 2.45) is 0 Å². The summed E-state index contributed by atoms with van der Waals surface area (Å²) in [6.07, 6.45) is 71.8. The Kier molecular flexibility index (Phi) is 55.3. The van der Waals surface area contributed by atoms with Crippen LogP contribution in [0.25, 0.3) is 0 Å². The summed E-state index contributed by atoms with van der Waals surface area (Å²) >= 11 is 0. The normalized spacial score (nSPS) is 14.0. The minimum absolute atomic E-state index is 0.0276. The van der Waals surface area contributed by atoms with Crippen molar-refractivity contribution in [3.05, 3.63) is 60.8 Å². The van der Waals surface area contributed by atoms with Gasteiger partial charge in [-0.15, -0.1) is 0 Å². The van der Waals surface area contributed by atoms with Crippen LogP contribution in [0.1, 0.15) is 303 Å². The third-order valence-corrected chi connectivity index (χ3v) is 15.4. The fourth-order valence-corrected chi connectivity index (χ4v) is 10.1. The maximum atomic E-state index is 13.5. The van der Waals surface area contributed by atoms with Crippen molar-refractivity contribution < 1.29 is 37.3 Å². The summed E-state index contributed by atoms with van der Waals surface area (Å²) < 4.78 is 30.4. The summed E-state index contributed by atoms with van der Waals surface area (Å²) in [7, 11) is 1.17. The summed E-state index contributed by atoms with van der Waals surface area (Å²) in [5.41, 5.74) is 0. The van der Waals surface area contributed by atoms with E-state index in [1.807, 2.05) is 33.3 Å². The zero-order valence-corrected chi connectivity index (χ0v) is 52.3. The first-order valence-corrected chi connectivity index (χ1v) is 34.1. The lowest BCUT2D eigenvalue weighted by Crippen LogP contribution is -2.47. The average molecular weight is 1100 g/mol. The molecule has 0 saturated carbocycles. The van der Waals surface area contributed by atoms with E-state index in [-0.39, 0.29) is 24.9 Å². The number of rotatable bonds is 59. The van der Waals surface area contributed by atoms with Crippen molar-refractivity contribution in [3.63, 3.8) is 0 Å². The van der Waals surface area contributed by atoms with Crippen LogP contribution in [0.2, 0.25) is 0 Å². The molecule has 10 heteroatoms. The van der Waals surface area contributed by atoms with Crippen molar-refractivity contribution in [2.45, 2.75) is 315 Å². The highest BCUT2D eigenvalue weighted by Gasteiger charge is 2.27. The van der Waals surface area contributed by atoms with E-state index in [9.17, 15) is 19.0 Å². The predicted octanol–water partition coefficient (Wildman–Crippen LogP) is 19.6. The van der Waals surface area contributed by atoms with Gasteiger partial charge in [0, 0.05) is 12.8 Å². The number of hydrogen-bond acceptors (Lipinski definition) is 7. The van der Waals surface area contributed by atoms with Gasteiger partial charge in [-0.2, -0.15) is 0 Å². The lowest BCUT2D eigenvalue weighted by molar-refractivity contribution is -0.870. The van der Waals surface area contributed by atoms with Gasteiger partial charge in [0.05, 0.1) is 33.8 Å². The Hall–Kier alpha value is -2.29. The minimum Gasteiger partial charge on any atom is -0.756 e. The predicted molar refractivity (Wildman–Crippen MR) is 330 cm³/mol. The number of ether oxygens (including phenoxy) is 1. The number of phosphoric acid groups is 1. The zero-order chi connectivity index (χ0) is 56.4. The van der Waals surface area contributed by atoms with Crippen molar-refractivity contribution in [1.82, 2.24) is 5.32 Å². The second-order valence-corrected chi connectivity index (χ2v) is 24.7. The van der Waals surface area contributed by atoms with E-state index in [1.165, 1.54) is 186 Å². The molecule has 0 aliphatic rings. The molecule has 0 aromatic carbocycles. The topological polar surface area (TPSA) is 114 Å². The number of quaternary nitrogens is 1. The van der Waals surface area contributed by atoms with Gasteiger partial charge >= 0.3 is 5.97 Å². The Morgan fingerprint density at radius 3 is 1.22 bits per heavy atom. The van der Waals surface area contributed by atoms with Gasteiger partial charge in [-0.25, -0.2) is 0 Å². The van der Waals surface area contributed by atoms with E-state index in [1.54, 1.807) is 0 Å². The number of nitrogens with zero attached hydrogens (tertiary/aromatic N) is 1. The number of allylic oxidation sites excluding steroid dienone is 9. The molecule has 0 aromatic rings. The van der Waals surface area contributed by atoms with E-state index >= 15 is 0 Å². The number of nitrogens with one attached hydrogen (secondary N) is 1. The van der Waals surface area contributed by atoms with Crippen LogP contribution in [0, 0.1) is 0 Å². The van der Waals surface area contributed by atoms with E-state index in [0.29, 0.717) is 23.9 Å². The molecule has 1 amide bonds. The standard InChI is InChI=1S/C67H125N2O7P/c1-7-10-13-16-19-22-25-28-30-32-33-34-35-37-39-42-45-48-51-54-57-60-67(71)76-65(58-55-52-49-46-43-40-27-24-21-18-15-12-9-3)64(63-75-77(72,73)74-62-61-69(4,5)6)68-66(70)59-56-53-50-47-44-41-38-36-31-29-26-23-20-17-14-11-8-2/h20,23,28-31,38,41,55,58,64-65H,7-19,21-22,24-27,32-37,39-40,42-54,56-57,59-63H2,1-6H3,(H-,68,70,72,73)/b23-20-,30-28+,31-29-,41-38-,58-55+. The molecule has 0 aliphatic carbocycles. The molecule has 1 N–H and O–H groups in total. The fourth-order valence-electron chi connectivity index (χ4n) is 9.35. The molecule has 3 unspecified atom stereocenters. The van der Waals surface area contributed by atoms with Gasteiger partial charge in [0.25, 0.3) is 7.82 Å². The zero-order valence-electron chi connectivity index (χ0n) is 51.4. The number of carbonyl (C=O) groups excluding carboxylic acids is 2. The SMILES string of the molecule is CCCCC/C=C\C/C=C\C/C=C\CCCCCCC(=O)NC(COP(=O)([O-])OCC[N+](C)(C)C)C(/C=C/CCCCCCCCCCCCC)OC(=O)CCCCCCCCCCCCC/C=C/CCCCCCCC. The first kappa shape index (κ1) is 74.7. The van der Waals surface area contributed by atoms with Crippen LogP contribution in [0.3, 0.4) is 0 Å². The van der Waals surface area contributed by atoms with Crippen molar-refractivity contribution in [3.8, 4) is 0 Å². The molecule has 0 heterocycles. The third kappa shape index (κ3) is 58.2. The van der Waals surface area contributed by atoms with Crippen LogP contribution in [-0.2, 0) is 27.9 Å². The molecular formula is C67H125N2O7P. The van der Waals surface area contributed by atoms with E-state index in [4.69, 9.17) is 13.8 Å². The molecule has 0 aromatic heterocycles. The number of amides is 1. The van der Waals surface area contributed by atoms with Gasteiger partial charge in [-0.05, 0) is 96.0 Å². The van der Waals surface area contributed by atoms with Crippen molar-refractivity contribution in [2.75, 3.05) is 40.9 Å². The van der Waals surface area contributed by atoms with Crippen LogP contribution < -0.4 is 10.2 Å². The van der Waals surface area contributed by atoms with Crippen LogP contribution in [-0.4, -0.2) is 69.4 Å². The van der Waals surface area contributed by atoms with Gasteiger partial charge < -0.3 is 28.5 Å². The lowest BCUT2D eigenvalue weighted by Gasteiger charge is -2.30. The molecule has 77 heavy (non-hydrogen) atoms. The van der Waals surface area contributed by atoms with Crippen LogP contribution in [0.4, 0.5) is 0 Å². The molecule has 450 valence electrons. The summed E-state index contributed by atoms with van der Waals surface area (Å²) in [4.78, 5) is 40.0. The lowest BCUT2D eigenvalue weighted by atomic mass is 10.0. The molecular weight excluding hydrogens is 976 g/mol. The quantitative estimate of drug-likeness (QED) is 0.0212. The number of phosphoric ester groups is 1. The number of hydrogen-bond donors (Lipinski definition) is 1. The van der Waals surface area contributed by atoms with Gasteiger partial charge in [-0.3, -0.25) is 14.2 Å². The molecule has 0 spiro atoms. The van der Waals surface area contributed by atoms with Gasteiger partial charge in [0.15, 0.2) is 0 Å². The number of carbonyl (C=O) groups is 2. The second-order valence-electron chi connectivity index (χ2n) is 23.3. The van der Waals surface area contributed by atoms with Crippen LogP contribution >= 0.6 is 7.82 Å². The van der Waals surface area contributed by atoms with Gasteiger partial charge in [0.1, 0.15) is 19.3 Å². The summed E-state index contributed by atoms with van der Waals surface area (Å²) in [5.74, 6) is -0.559. The third-order valence-electron chi connectivity index (χ3n) is 14.4. The molecule has 3 atom stereocenters. The summed E-state index contributed by atoms with van der Waals surface area (Å²) in [5, 5.41) is 3.02. The smallest absolute Gasteiger partial charge is 0.306 e. The number of likely N-dealkylation sites (N-methyl/N-ethyl adjacent to an activating group) is 1. The van der Waals surface area contributed by atoms with Gasteiger partial charge in [0.2, 0.25) is 5.91 Å². The largest absolute Gasteiger partial charge is 0.756 e. The van der Waals surface area contributed by atoms with Crippen LogP contribution in [0.15, 0.2) is 60.8 Å². The highest BCUT2D eigenvalue weighted by atomic mass is 31.2. The Morgan fingerprint density at radius 1 is 0.455 bits per heavy atom. The van der Waals surface area contributed by atoms with E-state index < -0.39 is 26.6 Å². The monoisotopic (exact) mass is 1100 g/mol. The molecule has 0 fully saturated rings. The maximum absolute atomic E-state index is 13.5. The molecule has 9 nitrogen and oxygen atoms in total. The molecule has 0 saturated heterocycles. The molecule has 0 radical (unpaired) electrons. The molecule has 0 bridgehead atoms. The van der Waals surface area contributed by atoms with Gasteiger partial charge in [-0.1, -0.05) is 255 Å². The fraction of sp³-hybridized carbons (Fsp3) is 0.821. The Bertz CT molecular complexity index is 1500. The maximum Gasteiger partial charge on any atom is 0.306 e. The highest BCUT2D eigenvalue weighted by Crippen LogP contribution is 2.38. The van der Waals surface area contributed by atoms with Crippen molar-refractivity contribution in [1.29, 1.82) is 0 Å². The van der Waals surface area contributed by atoms with Crippen LogP contribution in [0.5, 0.6) is 0 Å². The first-order chi connectivity index (χ1) is 37.4.